The van der Waals surface area contributed by atoms with E-state index in [1.54, 1.807) is 0 Å². The minimum Gasteiger partial charge on any atom is -0.378 e. The molecule has 28 heavy (non-hydrogen) atoms. The van der Waals surface area contributed by atoms with Crippen molar-refractivity contribution in [2.24, 2.45) is 5.73 Å². The number of amides is 1. The van der Waals surface area contributed by atoms with E-state index in [0.717, 1.165) is 50.4 Å². The Kier molecular flexibility index (Phi) is 3.52. The minimum absolute atomic E-state index is 0.330. The molecule has 1 aliphatic carbocycles. The van der Waals surface area contributed by atoms with Gasteiger partial charge in [0.2, 0.25) is 5.91 Å². The number of benzene rings is 3. The highest BCUT2D eigenvalue weighted by atomic mass is 16.1. The standard InChI is InChI=1S/C23H20N4O/c1-27(2)13-10-11-18-19(12-13)26-23(25-18)17-9-5-8-16-20(17)14-6-3-4-7-15(14)21(16)22(24)28/h3-12,21H,1-2H3,(H2,24,28)(H,25,26)/t21-/m1/s1. The van der Waals surface area contributed by atoms with Gasteiger partial charge >= 0.3 is 0 Å². The first kappa shape index (κ1) is 16.6. The van der Waals surface area contributed by atoms with Crippen molar-refractivity contribution in [2.45, 2.75) is 5.92 Å². The Labute approximate surface area is 162 Å². The van der Waals surface area contributed by atoms with Gasteiger partial charge in [-0.25, -0.2) is 4.98 Å². The molecule has 5 nitrogen and oxygen atoms in total. The molecule has 0 bridgehead atoms. The summed E-state index contributed by atoms with van der Waals surface area (Å²) in [4.78, 5) is 22.5. The lowest BCUT2D eigenvalue weighted by molar-refractivity contribution is -0.118. The van der Waals surface area contributed by atoms with Crippen LogP contribution in [-0.4, -0.2) is 30.0 Å². The first-order valence-electron chi connectivity index (χ1n) is 9.23. The molecule has 0 radical (unpaired) electrons. The molecular weight excluding hydrogens is 348 g/mol. The summed E-state index contributed by atoms with van der Waals surface area (Å²) in [6, 6.07) is 20.1. The summed E-state index contributed by atoms with van der Waals surface area (Å²) in [7, 11) is 4.03. The van der Waals surface area contributed by atoms with E-state index in [2.05, 4.69) is 22.0 Å². The monoisotopic (exact) mass is 368 g/mol. The van der Waals surface area contributed by atoms with Gasteiger partial charge in [0.25, 0.3) is 0 Å². The van der Waals surface area contributed by atoms with Crippen molar-refractivity contribution in [3.8, 4) is 22.5 Å². The Hall–Kier alpha value is -3.60. The zero-order chi connectivity index (χ0) is 19.4. The van der Waals surface area contributed by atoms with Crippen molar-refractivity contribution < 1.29 is 4.79 Å². The number of imidazole rings is 1. The number of H-pyrrole nitrogens is 1. The number of anilines is 1. The van der Waals surface area contributed by atoms with Crippen LogP contribution in [0.2, 0.25) is 0 Å². The van der Waals surface area contributed by atoms with E-state index in [9.17, 15) is 4.79 Å². The maximum atomic E-state index is 12.2. The molecule has 138 valence electrons. The minimum atomic E-state index is -0.420. The molecule has 0 saturated heterocycles. The van der Waals surface area contributed by atoms with Crippen LogP contribution < -0.4 is 10.6 Å². The molecule has 0 fully saturated rings. The smallest absolute Gasteiger partial charge is 0.229 e. The van der Waals surface area contributed by atoms with Crippen molar-refractivity contribution in [1.82, 2.24) is 9.97 Å². The number of nitrogens with one attached hydrogen (secondary N) is 1. The molecule has 0 spiro atoms. The number of primary amides is 1. The Morgan fingerprint density at radius 1 is 1.00 bits per heavy atom. The zero-order valence-corrected chi connectivity index (χ0v) is 15.7. The SMILES string of the molecule is CN(C)c1ccc2nc(-c3cccc4c3-c3ccccc3[C@H]4C(N)=O)[nH]c2c1. The van der Waals surface area contributed by atoms with E-state index >= 15 is 0 Å². The maximum absolute atomic E-state index is 12.2. The summed E-state index contributed by atoms with van der Waals surface area (Å²) >= 11 is 0. The predicted molar refractivity (Wildman–Crippen MR) is 112 cm³/mol. The van der Waals surface area contributed by atoms with Gasteiger partial charge < -0.3 is 15.6 Å². The molecule has 0 saturated carbocycles. The number of fused-ring (bicyclic) bond motifs is 4. The van der Waals surface area contributed by atoms with Gasteiger partial charge in [0.1, 0.15) is 5.82 Å². The summed E-state index contributed by atoms with van der Waals surface area (Å²) < 4.78 is 0. The van der Waals surface area contributed by atoms with Crippen molar-refractivity contribution in [3.63, 3.8) is 0 Å². The quantitative estimate of drug-likeness (QED) is 0.576. The number of nitrogens with two attached hydrogens (primary N) is 1. The van der Waals surface area contributed by atoms with Crippen LogP contribution in [0.5, 0.6) is 0 Å². The van der Waals surface area contributed by atoms with Crippen LogP contribution in [0, 0.1) is 0 Å². The molecular formula is C23H20N4O. The molecule has 0 aliphatic heterocycles. The summed E-state index contributed by atoms with van der Waals surface area (Å²) in [5, 5.41) is 0. The van der Waals surface area contributed by atoms with Crippen LogP contribution in [0.4, 0.5) is 5.69 Å². The van der Waals surface area contributed by atoms with Crippen molar-refractivity contribution >= 4 is 22.6 Å². The number of rotatable bonds is 3. The summed E-state index contributed by atoms with van der Waals surface area (Å²) in [6.45, 7) is 0. The molecule has 5 heteroatoms. The van der Waals surface area contributed by atoms with Gasteiger partial charge in [-0.1, -0.05) is 42.5 Å². The Bertz CT molecular complexity index is 1240. The summed E-state index contributed by atoms with van der Waals surface area (Å²) in [5.41, 5.74) is 13.7. The molecule has 1 aliphatic rings. The molecule has 1 atom stereocenters. The molecule has 5 rings (SSSR count). The lowest BCUT2D eigenvalue weighted by Crippen LogP contribution is -2.20. The number of aromatic nitrogens is 2. The van der Waals surface area contributed by atoms with Crippen molar-refractivity contribution in [2.75, 3.05) is 19.0 Å². The molecule has 0 unspecified atom stereocenters. The van der Waals surface area contributed by atoms with Crippen molar-refractivity contribution in [1.29, 1.82) is 0 Å². The number of nitrogens with zero attached hydrogens (tertiary/aromatic N) is 2. The topological polar surface area (TPSA) is 75.0 Å². The van der Waals surface area contributed by atoms with Gasteiger partial charge in [-0.05, 0) is 40.5 Å². The number of carbonyl (C=O) groups is 1. The van der Waals surface area contributed by atoms with Gasteiger partial charge in [0.15, 0.2) is 0 Å². The average Bonchev–Trinajstić information content (AvgIpc) is 3.26. The lowest BCUT2D eigenvalue weighted by atomic mass is 9.95. The van der Waals surface area contributed by atoms with E-state index in [-0.39, 0.29) is 5.91 Å². The highest BCUT2D eigenvalue weighted by molar-refractivity contribution is 6.00. The Morgan fingerprint density at radius 3 is 2.54 bits per heavy atom. The van der Waals surface area contributed by atoms with Gasteiger partial charge in [0.05, 0.1) is 17.0 Å². The summed E-state index contributed by atoms with van der Waals surface area (Å²) in [5.74, 6) is 0.0436. The van der Waals surface area contributed by atoms with Crippen LogP contribution in [0.15, 0.2) is 60.7 Å². The van der Waals surface area contributed by atoms with E-state index in [1.165, 1.54) is 0 Å². The normalized spacial score (nSPS) is 14.7. The van der Waals surface area contributed by atoms with E-state index in [1.807, 2.05) is 62.6 Å². The third kappa shape index (κ3) is 2.33. The third-order valence-electron chi connectivity index (χ3n) is 5.47. The number of hydrogen-bond donors (Lipinski definition) is 2. The fraction of sp³-hybridized carbons (Fsp3) is 0.130. The Balaban J connectivity index is 1.74. The highest BCUT2D eigenvalue weighted by Crippen LogP contribution is 2.48. The van der Waals surface area contributed by atoms with Gasteiger partial charge in [-0.3, -0.25) is 4.79 Å². The first-order valence-corrected chi connectivity index (χ1v) is 9.23. The maximum Gasteiger partial charge on any atom is 0.229 e. The van der Waals surface area contributed by atoms with Crippen LogP contribution >= 0.6 is 0 Å². The predicted octanol–water partition coefficient (Wildman–Crippen LogP) is 3.89. The number of aromatic amines is 1. The van der Waals surface area contributed by atoms with E-state index in [4.69, 9.17) is 10.7 Å². The van der Waals surface area contributed by atoms with Crippen molar-refractivity contribution in [3.05, 3.63) is 71.8 Å². The lowest BCUT2D eigenvalue weighted by Gasteiger charge is -2.11. The van der Waals surface area contributed by atoms with Crippen LogP contribution in [0.3, 0.4) is 0 Å². The van der Waals surface area contributed by atoms with Gasteiger partial charge in [-0.2, -0.15) is 0 Å². The molecule has 1 amide bonds. The molecule has 4 aromatic rings. The second-order valence-electron chi connectivity index (χ2n) is 7.37. The largest absolute Gasteiger partial charge is 0.378 e. The zero-order valence-electron chi connectivity index (χ0n) is 15.7. The molecule has 3 aromatic carbocycles. The summed E-state index contributed by atoms with van der Waals surface area (Å²) in [6.07, 6.45) is 0. The first-order chi connectivity index (χ1) is 13.5. The second-order valence-corrected chi connectivity index (χ2v) is 7.37. The second kappa shape index (κ2) is 5.96. The van der Waals surface area contributed by atoms with Crippen LogP contribution in [0.1, 0.15) is 17.0 Å². The fourth-order valence-electron chi connectivity index (χ4n) is 4.16. The number of hydrogen-bond acceptors (Lipinski definition) is 3. The van der Waals surface area contributed by atoms with Crippen LogP contribution in [0.25, 0.3) is 33.5 Å². The van der Waals surface area contributed by atoms with Gasteiger partial charge in [-0.15, -0.1) is 0 Å². The highest BCUT2D eigenvalue weighted by Gasteiger charge is 2.34. The van der Waals surface area contributed by atoms with Crippen LogP contribution in [-0.2, 0) is 4.79 Å². The number of carbonyl (C=O) groups excluding carboxylic acids is 1. The van der Waals surface area contributed by atoms with E-state index in [0.29, 0.717) is 0 Å². The Morgan fingerprint density at radius 2 is 1.75 bits per heavy atom. The fourth-order valence-corrected chi connectivity index (χ4v) is 4.16. The van der Waals surface area contributed by atoms with Gasteiger partial charge in [0, 0.05) is 25.3 Å². The third-order valence-corrected chi connectivity index (χ3v) is 5.47. The average molecular weight is 368 g/mol. The molecule has 1 heterocycles. The molecule has 3 N–H and O–H groups in total. The molecule has 1 aromatic heterocycles. The van der Waals surface area contributed by atoms with E-state index < -0.39 is 5.92 Å².